The molecule has 0 aliphatic carbocycles. The zero-order valence-corrected chi connectivity index (χ0v) is 16.0. The number of hydrogen-bond donors (Lipinski definition) is 1. The van der Waals surface area contributed by atoms with E-state index in [9.17, 15) is 4.79 Å². The smallest absolute Gasteiger partial charge is 0.248 e. The SMILES string of the molecule is O=C(/C=C/c1ccc2c(c1)OCCO2)Nc1ccc(-c2nc3ccccc3o2)cc1. The summed E-state index contributed by atoms with van der Waals surface area (Å²) in [6, 6.07) is 20.6. The summed E-state index contributed by atoms with van der Waals surface area (Å²) >= 11 is 0. The molecule has 0 unspecified atom stereocenters. The highest BCUT2D eigenvalue weighted by Gasteiger charge is 2.11. The Bertz CT molecular complexity index is 1210. The molecule has 0 saturated carbocycles. The second-order valence-corrected chi connectivity index (χ2v) is 6.79. The van der Waals surface area contributed by atoms with Crippen molar-refractivity contribution >= 4 is 28.8 Å². The molecule has 5 rings (SSSR count). The summed E-state index contributed by atoms with van der Waals surface area (Å²) in [6.45, 7) is 1.08. The highest BCUT2D eigenvalue weighted by molar-refractivity contribution is 6.02. The molecule has 30 heavy (non-hydrogen) atoms. The molecule has 1 amide bonds. The van der Waals surface area contributed by atoms with E-state index in [-0.39, 0.29) is 5.91 Å². The van der Waals surface area contributed by atoms with E-state index in [0.29, 0.717) is 30.5 Å². The number of para-hydroxylation sites is 2. The summed E-state index contributed by atoms with van der Waals surface area (Å²) in [5, 5.41) is 2.85. The lowest BCUT2D eigenvalue weighted by Crippen LogP contribution is -2.15. The molecule has 3 aromatic carbocycles. The van der Waals surface area contributed by atoms with Crippen molar-refractivity contribution in [3.8, 4) is 23.0 Å². The number of nitrogens with one attached hydrogen (secondary N) is 1. The van der Waals surface area contributed by atoms with Crippen molar-refractivity contribution in [3.63, 3.8) is 0 Å². The maximum atomic E-state index is 12.3. The average molecular weight is 398 g/mol. The lowest BCUT2D eigenvalue weighted by atomic mass is 10.1. The Kier molecular flexibility index (Phi) is 4.65. The number of nitrogens with zero attached hydrogens (tertiary/aromatic N) is 1. The predicted molar refractivity (Wildman–Crippen MR) is 115 cm³/mol. The largest absolute Gasteiger partial charge is 0.486 e. The zero-order chi connectivity index (χ0) is 20.3. The first-order valence-electron chi connectivity index (χ1n) is 9.59. The van der Waals surface area contributed by atoms with Gasteiger partial charge in [0.15, 0.2) is 17.1 Å². The van der Waals surface area contributed by atoms with E-state index >= 15 is 0 Å². The van der Waals surface area contributed by atoms with Gasteiger partial charge in [0.1, 0.15) is 18.7 Å². The van der Waals surface area contributed by atoms with Crippen molar-refractivity contribution in [1.29, 1.82) is 0 Å². The van der Waals surface area contributed by atoms with Crippen LogP contribution in [-0.2, 0) is 4.79 Å². The fourth-order valence-corrected chi connectivity index (χ4v) is 3.21. The number of hydrogen-bond acceptors (Lipinski definition) is 5. The van der Waals surface area contributed by atoms with Gasteiger partial charge < -0.3 is 19.2 Å². The second-order valence-electron chi connectivity index (χ2n) is 6.79. The molecular weight excluding hydrogens is 380 g/mol. The van der Waals surface area contributed by atoms with Crippen molar-refractivity contribution < 1.29 is 18.7 Å². The van der Waals surface area contributed by atoms with Crippen LogP contribution in [0.15, 0.2) is 77.2 Å². The molecular formula is C24H18N2O4. The first-order chi connectivity index (χ1) is 14.7. The molecule has 1 aliphatic rings. The van der Waals surface area contributed by atoms with Crippen LogP contribution < -0.4 is 14.8 Å². The number of aromatic nitrogens is 1. The minimum Gasteiger partial charge on any atom is -0.486 e. The van der Waals surface area contributed by atoms with E-state index in [1.807, 2.05) is 66.7 Å². The quantitative estimate of drug-likeness (QED) is 0.494. The van der Waals surface area contributed by atoms with Crippen LogP contribution in [0.4, 0.5) is 5.69 Å². The van der Waals surface area contributed by atoms with Crippen LogP contribution in [0.5, 0.6) is 11.5 Å². The van der Waals surface area contributed by atoms with E-state index < -0.39 is 0 Å². The van der Waals surface area contributed by atoms with Gasteiger partial charge in [0.05, 0.1) is 0 Å². The number of anilines is 1. The van der Waals surface area contributed by atoms with Gasteiger partial charge in [-0.1, -0.05) is 18.2 Å². The highest BCUT2D eigenvalue weighted by atomic mass is 16.6. The van der Waals surface area contributed by atoms with Gasteiger partial charge in [0.2, 0.25) is 11.8 Å². The summed E-state index contributed by atoms with van der Waals surface area (Å²) in [5.74, 6) is 1.74. The number of ether oxygens (including phenoxy) is 2. The minimum absolute atomic E-state index is 0.223. The Morgan fingerprint density at radius 3 is 2.57 bits per heavy atom. The van der Waals surface area contributed by atoms with Crippen LogP contribution in [0, 0.1) is 0 Å². The lowest BCUT2D eigenvalue weighted by Gasteiger charge is -2.18. The molecule has 0 spiro atoms. The Morgan fingerprint density at radius 1 is 0.933 bits per heavy atom. The molecule has 0 saturated heterocycles. The number of carbonyl (C=O) groups is 1. The molecule has 0 fully saturated rings. The Balaban J connectivity index is 1.25. The number of amides is 1. The maximum absolute atomic E-state index is 12.3. The van der Waals surface area contributed by atoms with Gasteiger partial charge in [-0.25, -0.2) is 4.98 Å². The van der Waals surface area contributed by atoms with Crippen molar-refractivity contribution in [1.82, 2.24) is 4.98 Å². The van der Waals surface area contributed by atoms with Crippen LogP contribution in [0.1, 0.15) is 5.56 Å². The number of carbonyl (C=O) groups excluding carboxylic acids is 1. The van der Waals surface area contributed by atoms with Gasteiger partial charge in [-0.15, -0.1) is 0 Å². The molecule has 1 N–H and O–H groups in total. The summed E-state index contributed by atoms with van der Waals surface area (Å²) < 4.78 is 16.8. The first-order valence-corrected chi connectivity index (χ1v) is 9.59. The Labute approximate surface area is 172 Å². The molecule has 2 heterocycles. The van der Waals surface area contributed by atoms with E-state index in [4.69, 9.17) is 13.9 Å². The molecule has 0 radical (unpaired) electrons. The topological polar surface area (TPSA) is 73.6 Å². The van der Waals surface area contributed by atoms with Crippen molar-refractivity contribution in [3.05, 3.63) is 78.4 Å². The molecule has 1 aliphatic heterocycles. The fourth-order valence-electron chi connectivity index (χ4n) is 3.21. The summed E-state index contributed by atoms with van der Waals surface area (Å²) in [5.41, 5.74) is 3.95. The number of benzene rings is 3. The normalized spacial score (nSPS) is 12.9. The van der Waals surface area contributed by atoms with Crippen LogP contribution in [0.25, 0.3) is 28.6 Å². The van der Waals surface area contributed by atoms with Gasteiger partial charge in [0.25, 0.3) is 0 Å². The summed E-state index contributed by atoms with van der Waals surface area (Å²) in [6.07, 6.45) is 3.22. The standard InChI is InChI=1S/C24H18N2O4/c27-23(12-6-16-5-11-21-22(15-16)29-14-13-28-21)25-18-9-7-17(8-10-18)24-26-19-3-1-2-4-20(19)30-24/h1-12,15H,13-14H2,(H,25,27)/b12-6+. The third-order valence-electron chi connectivity index (χ3n) is 4.69. The van der Waals surface area contributed by atoms with Crippen molar-refractivity contribution in [2.24, 2.45) is 0 Å². The van der Waals surface area contributed by atoms with Gasteiger partial charge >= 0.3 is 0 Å². The average Bonchev–Trinajstić information content (AvgIpc) is 3.22. The van der Waals surface area contributed by atoms with Gasteiger partial charge in [-0.05, 0) is 60.2 Å². The monoisotopic (exact) mass is 398 g/mol. The van der Waals surface area contributed by atoms with E-state index in [1.165, 1.54) is 6.08 Å². The number of fused-ring (bicyclic) bond motifs is 2. The van der Waals surface area contributed by atoms with E-state index in [1.54, 1.807) is 6.08 Å². The third-order valence-corrected chi connectivity index (χ3v) is 4.69. The minimum atomic E-state index is -0.223. The number of rotatable bonds is 4. The van der Waals surface area contributed by atoms with Gasteiger partial charge in [-0.3, -0.25) is 4.79 Å². The molecule has 148 valence electrons. The van der Waals surface area contributed by atoms with Crippen LogP contribution in [0.2, 0.25) is 0 Å². The second kappa shape index (κ2) is 7.75. The molecule has 6 heteroatoms. The van der Waals surface area contributed by atoms with Crippen molar-refractivity contribution in [2.75, 3.05) is 18.5 Å². The number of oxazole rings is 1. The van der Waals surface area contributed by atoms with Gasteiger partial charge in [0, 0.05) is 17.3 Å². The molecule has 1 aromatic heterocycles. The molecule has 4 aromatic rings. The Hall–Kier alpha value is -4.06. The summed E-state index contributed by atoms with van der Waals surface area (Å²) in [7, 11) is 0. The van der Waals surface area contributed by atoms with E-state index in [2.05, 4.69) is 10.3 Å². The molecule has 0 atom stereocenters. The summed E-state index contributed by atoms with van der Waals surface area (Å²) in [4.78, 5) is 16.7. The van der Waals surface area contributed by atoms with E-state index in [0.717, 1.165) is 28.0 Å². The Morgan fingerprint density at radius 2 is 1.73 bits per heavy atom. The lowest BCUT2D eigenvalue weighted by molar-refractivity contribution is -0.111. The molecule has 6 nitrogen and oxygen atoms in total. The predicted octanol–water partition coefficient (Wildman–Crippen LogP) is 4.92. The zero-order valence-electron chi connectivity index (χ0n) is 16.0. The first kappa shape index (κ1) is 18.0. The molecule has 0 bridgehead atoms. The van der Waals surface area contributed by atoms with Crippen LogP contribution in [-0.4, -0.2) is 24.1 Å². The van der Waals surface area contributed by atoms with Gasteiger partial charge in [-0.2, -0.15) is 0 Å². The van der Waals surface area contributed by atoms with Crippen LogP contribution in [0.3, 0.4) is 0 Å². The highest BCUT2D eigenvalue weighted by Crippen LogP contribution is 2.31. The third kappa shape index (κ3) is 3.75. The fraction of sp³-hybridized carbons (Fsp3) is 0.0833. The van der Waals surface area contributed by atoms with Crippen molar-refractivity contribution in [2.45, 2.75) is 0 Å². The maximum Gasteiger partial charge on any atom is 0.248 e. The van der Waals surface area contributed by atoms with Crippen LogP contribution >= 0.6 is 0 Å².